The first-order chi connectivity index (χ1) is 12.6. The van der Waals surface area contributed by atoms with Crippen molar-refractivity contribution in [3.8, 4) is 0 Å². The van der Waals surface area contributed by atoms with Gasteiger partial charge in [-0.2, -0.15) is 0 Å². The Morgan fingerprint density at radius 2 is 2.04 bits per heavy atom. The number of benzene rings is 1. The number of hydrogen-bond donors (Lipinski definition) is 2. The Morgan fingerprint density at radius 3 is 2.77 bits per heavy atom. The predicted molar refractivity (Wildman–Crippen MR) is 103 cm³/mol. The second-order valence-electron chi connectivity index (χ2n) is 7.11. The van der Waals surface area contributed by atoms with Gasteiger partial charge in [-0.1, -0.05) is 38.3 Å². The lowest BCUT2D eigenvalue weighted by molar-refractivity contribution is -0.127. The molecule has 2 N–H and O–H groups in total. The lowest BCUT2D eigenvalue weighted by Crippen LogP contribution is -2.48. The van der Waals surface area contributed by atoms with E-state index in [9.17, 15) is 9.59 Å². The fraction of sp³-hybridized carbons (Fsp3) is 0.550. The first-order valence-corrected chi connectivity index (χ1v) is 9.61. The molecular weight excluding hydrogens is 328 g/mol. The van der Waals surface area contributed by atoms with Gasteiger partial charge in [0, 0.05) is 6.04 Å². The minimum absolute atomic E-state index is 0.0573. The maximum Gasteiger partial charge on any atom is 0.258 e. The molecule has 1 aromatic carbocycles. The van der Waals surface area contributed by atoms with E-state index in [0.717, 1.165) is 12.8 Å². The number of likely N-dealkylation sites (N-methyl/N-ethyl adjacent to an activating group) is 1. The summed E-state index contributed by atoms with van der Waals surface area (Å²) in [5.74, 6) is 0.648. The van der Waals surface area contributed by atoms with Crippen LogP contribution in [0, 0.1) is 0 Å². The molecule has 0 bridgehead atoms. The van der Waals surface area contributed by atoms with Gasteiger partial charge in [-0.3, -0.25) is 14.5 Å². The topological polar surface area (TPSA) is 78.1 Å². The van der Waals surface area contributed by atoms with Crippen LogP contribution in [-0.2, 0) is 11.3 Å². The predicted octanol–water partition coefficient (Wildman–Crippen LogP) is 2.58. The van der Waals surface area contributed by atoms with E-state index in [0.29, 0.717) is 35.9 Å². The molecule has 3 rings (SSSR count). The maximum absolute atomic E-state index is 12.6. The van der Waals surface area contributed by atoms with Crippen LogP contribution in [0.25, 0.3) is 10.9 Å². The van der Waals surface area contributed by atoms with E-state index < -0.39 is 0 Å². The highest BCUT2D eigenvalue weighted by Crippen LogP contribution is 2.18. The number of aromatic amines is 1. The molecule has 1 aromatic heterocycles. The molecule has 0 saturated heterocycles. The lowest BCUT2D eigenvalue weighted by atomic mass is 9.95. The SMILES string of the molecule is CCN(Cc1nc2ccccc2c(=O)[nH]1)C(C)C(=O)NC1CCCCC1. The van der Waals surface area contributed by atoms with Gasteiger partial charge in [0.05, 0.1) is 23.5 Å². The normalized spacial score (nSPS) is 16.7. The van der Waals surface area contributed by atoms with E-state index in [1.807, 2.05) is 36.9 Å². The second kappa shape index (κ2) is 8.45. The lowest BCUT2D eigenvalue weighted by Gasteiger charge is -2.29. The Hall–Kier alpha value is -2.21. The number of para-hydroxylation sites is 1. The van der Waals surface area contributed by atoms with E-state index in [-0.39, 0.29) is 17.5 Å². The third-order valence-electron chi connectivity index (χ3n) is 5.30. The van der Waals surface area contributed by atoms with Crippen LogP contribution in [0.3, 0.4) is 0 Å². The number of amides is 1. The fourth-order valence-electron chi connectivity index (χ4n) is 3.66. The number of nitrogens with one attached hydrogen (secondary N) is 2. The van der Waals surface area contributed by atoms with Gasteiger partial charge in [0.15, 0.2) is 0 Å². The zero-order valence-electron chi connectivity index (χ0n) is 15.6. The summed E-state index contributed by atoms with van der Waals surface area (Å²) in [4.78, 5) is 34.3. The third kappa shape index (κ3) is 4.30. The highest BCUT2D eigenvalue weighted by atomic mass is 16.2. The van der Waals surface area contributed by atoms with E-state index in [4.69, 9.17) is 0 Å². The zero-order valence-corrected chi connectivity index (χ0v) is 15.6. The Kier molecular flexibility index (Phi) is 6.04. The summed E-state index contributed by atoms with van der Waals surface area (Å²) in [7, 11) is 0. The number of H-pyrrole nitrogens is 1. The average molecular weight is 356 g/mol. The maximum atomic E-state index is 12.6. The van der Waals surface area contributed by atoms with Gasteiger partial charge in [-0.05, 0) is 38.4 Å². The van der Waals surface area contributed by atoms with Crippen molar-refractivity contribution >= 4 is 16.8 Å². The molecule has 0 aliphatic heterocycles. The number of fused-ring (bicyclic) bond motifs is 1. The van der Waals surface area contributed by atoms with Crippen LogP contribution in [-0.4, -0.2) is 39.4 Å². The molecule has 0 spiro atoms. The van der Waals surface area contributed by atoms with Crippen LogP contribution in [0.1, 0.15) is 51.8 Å². The van der Waals surface area contributed by atoms with Crippen LogP contribution in [0.4, 0.5) is 0 Å². The van der Waals surface area contributed by atoms with Crippen LogP contribution in [0.2, 0.25) is 0 Å². The van der Waals surface area contributed by atoms with Crippen molar-refractivity contribution in [2.75, 3.05) is 6.54 Å². The Balaban J connectivity index is 1.70. The summed E-state index contributed by atoms with van der Waals surface area (Å²) in [6.45, 7) is 5.08. The van der Waals surface area contributed by atoms with E-state index >= 15 is 0 Å². The number of carbonyl (C=O) groups excluding carboxylic acids is 1. The van der Waals surface area contributed by atoms with Crippen molar-refractivity contribution < 1.29 is 4.79 Å². The molecule has 26 heavy (non-hydrogen) atoms. The molecule has 1 heterocycles. The van der Waals surface area contributed by atoms with Gasteiger partial charge >= 0.3 is 0 Å². The molecule has 1 saturated carbocycles. The van der Waals surface area contributed by atoms with Crippen LogP contribution in [0.5, 0.6) is 0 Å². The molecule has 1 atom stereocenters. The van der Waals surface area contributed by atoms with Gasteiger partial charge in [-0.15, -0.1) is 0 Å². The second-order valence-corrected chi connectivity index (χ2v) is 7.11. The molecule has 0 radical (unpaired) electrons. The number of carbonyl (C=O) groups is 1. The van der Waals surface area contributed by atoms with Crippen molar-refractivity contribution in [2.45, 2.75) is 64.6 Å². The van der Waals surface area contributed by atoms with E-state index in [2.05, 4.69) is 15.3 Å². The standard InChI is InChI=1S/C20H28N4O2/c1-3-24(14(2)19(25)21-15-9-5-4-6-10-15)13-18-22-17-12-8-7-11-16(17)20(26)23-18/h7-8,11-12,14-15H,3-6,9-10,13H2,1-2H3,(H,21,25)(H,22,23,26). The smallest absolute Gasteiger partial charge is 0.258 e. The molecule has 1 aliphatic rings. The number of aromatic nitrogens is 2. The first-order valence-electron chi connectivity index (χ1n) is 9.61. The molecule has 1 aliphatic carbocycles. The summed E-state index contributed by atoms with van der Waals surface area (Å²) in [6.07, 6.45) is 5.80. The molecular formula is C20H28N4O2. The van der Waals surface area contributed by atoms with Gasteiger partial charge < -0.3 is 10.3 Å². The number of rotatable bonds is 6. The van der Waals surface area contributed by atoms with Crippen molar-refractivity contribution in [1.29, 1.82) is 0 Å². The van der Waals surface area contributed by atoms with Gasteiger partial charge in [0.2, 0.25) is 5.91 Å². The Morgan fingerprint density at radius 1 is 1.31 bits per heavy atom. The molecule has 6 nitrogen and oxygen atoms in total. The summed E-state index contributed by atoms with van der Waals surface area (Å²) in [5, 5.41) is 3.77. The number of hydrogen-bond acceptors (Lipinski definition) is 4. The molecule has 140 valence electrons. The van der Waals surface area contributed by atoms with Gasteiger partial charge in [0.1, 0.15) is 5.82 Å². The molecule has 2 aromatic rings. The van der Waals surface area contributed by atoms with Crippen molar-refractivity contribution in [3.63, 3.8) is 0 Å². The third-order valence-corrected chi connectivity index (χ3v) is 5.30. The molecule has 1 amide bonds. The summed E-state index contributed by atoms with van der Waals surface area (Å²) in [5.41, 5.74) is 0.544. The summed E-state index contributed by atoms with van der Waals surface area (Å²) >= 11 is 0. The summed E-state index contributed by atoms with van der Waals surface area (Å²) < 4.78 is 0. The minimum Gasteiger partial charge on any atom is -0.352 e. The highest BCUT2D eigenvalue weighted by Gasteiger charge is 2.24. The summed E-state index contributed by atoms with van der Waals surface area (Å²) in [6, 6.07) is 7.34. The Bertz CT molecular complexity index is 811. The van der Waals surface area contributed by atoms with E-state index in [1.165, 1.54) is 19.3 Å². The van der Waals surface area contributed by atoms with Crippen LogP contribution < -0.4 is 10.9 Å². The molecule has 1 unspecified atom stereocenters. The average Bonchev–Trinajstić information content (AvgIpc) is 2.66. The minimum atomic E-state index is -0.265. The Labute approximate surface area is 154 Å². The van der Waals surface area contributed by atoms with Gasteiger partial charge in [0.25, 0.3) is 5.56 Å². The highest BCUT2D eigenvalue weighted by molar-refractivity contribution is 5.81. The fourth-order valence-corrected chi connectivity index (χ4v) is 3.66. The van der Waals surface area contributed by atoms with E-state index in [1.54, 1.807) is 6.07 Å². The van der Waals surface area contributed by atoms with Crippen LogP contribution >= 0.6 is 0 Å². The zero-order chi connectivity index (χ0) is 18.5. The van der Waals surface area contributed by atoms with Crippen molar-refractivity contribution in [2.24, 2.45) is 0 Å². The first kappa shape index (κ1) is 18.6. The van der Waals surface area contributed by atoms with Gasteiger partial charge in [-0.25, -0.2) is 4.98 Å². The molecule has 1 fully saturated rings. The van der Waals surface area contributed by atoms with Crippen molar-refractivity contribution in [3.05, 3.63) is 40.4 Å². The van der Waals surface area contributed by atoms with Crippen molar-refractivity contribution in [1.82, 2.24) is 20.2 Å². The van der Waals surface area contributed by atoms with Crippen LogP contribution in [0.15, 0.2) is 29.1 Å². The quantitative estimate of drug-likeness (QED) is 0.834. The molecule has 6 heteroatoms. The number of nitrogens with zero attached hydrogens (tertiary/aromatic N) is 2. The monoisotopic (exact) mass is 356 g/mol. The largest absolute Gasteiger partial charge is 0.352 e.